The lowest BCUT2D eigenvalue weighted by Crippen LogP contribution is -2.16. The summed E-state index contributed by atoms with van der Waals surface area (Å²) < 4.78 is 0. The summed E-state index contributed by atoms with van der Waals surface area (Å²) in [5, 5.41) is 0. The van der Waals surface area contributed by atoms with Crippen LogP contribution in [0.2, 0.25) is 0 Å². The normalized spacial score (nSPS) is 31.0. The van der Waals surface area contributed by atoms with Gasteiger partial charge in [0.15, 0.2) is 0 Å². The van der Waals surface area contributed by atoms with E-state index in [-0.39, 0.29) is 0 Å². The molecule has 1 rings (SSSR count). The summed E-state index contributed by atoms with van der Waals surface area (Å²) in [5.74, 6) is 4.95. The van der Waals surface area contributed by atoms with Gasteiger partial charge in [-0.05, 0) is 42.4 Å². The van der Waals surface area contributed by atoms with Crippen LogP contribution in [0, 0.1) is 29.6 Å². The van der Waals surface area contributed by atoms with Crippen molar-refractivity contribution in [3.8, 4) is 0 Å². The zero-order valence-electron chi connectivity index (χ0n) is 11.4. The zero-order valence-corrected chi connectivity index (χ0v) is 11.4. The van der Waals surface area contributed by atoms with Crippen LogP contribution in [-0.4, -0.2) is 0 Å². The molecule has 0 heterocycles. The lowest BCUT2D eigenvalue weighted by atomic mass is 9.81. The first-order valence-electron chi connectivity index (χ1n) is 7.10. The monoisotopic (exact) mass is 210 g/mol. The van der Waals surface area contributed by atoms with Crippen molar-refractivity contribution in [2.45, 2.75) is 66.7 Å². The van der Waals surface area contributed by atoms with Crippen molar-refractivity contribution < 1.29 is 0 Å². The van der Waals surface area contributed by atoms with Gasteiger partial charge in [-0.2, -0.15) is 0 Å². The molecule has 0 saturated heterocycles. The summed E-state index contributed by atoms with van der Waals surface area (Å²) in [4.78, 5) is 0. The first-order valence-corrected chi connectivity index (χ1v) is 7.10. The SMILES string of the molecule is CCCC1CC1CC(C)C(C)C(C)CC. The molecule has 5 atom stereocenters. The largest absolute Gasteiger partial charge is 0.0654 e. The molecular weight excluding hydrogens is 180 g/mol. The summed E-state index contributed by atoms with van der Waals surface area (Å²) in [6.07, 6.45) is 7.24. The van der Waals surface area contributed by atoms with E-state index in [1.54, 1.807) is 0 Å². The van der Waals surface area contributed by atoms with Crippen LogP contribution in [-0.2, 0) is 0 Å². The predicted molar refractivity (Wildman–Crippen MR) is 68.9 cm³/mol. The van der Waals surface area contributed by atoms with Crippen molar-refractivity contribution >= 4 is 0 Å². The Labute approximate surface area is 96.8 Å². The molecule has 0 aromatic rings. The summed E-state index contributed by atoms with van der Waals surface area (Å²) in [7, 11) is 0. The van der Waals surface area contributed by atoms with E-state index in [1.165, 1.54) is 32.1 Å². The van der Waals surface area contributed by atoms with Crippen molar-refractivity contribution in [3.05, 3.63) is 0 Å². The van der Waals surface area contributed by atoms with E-state index in [0.29, 0.717) is 0 Å². The Hall–Kier alpha value is 0. The van der Waals surface area contributed by atoms with Crippen molar-refractivity contribution in [1.82, 2.24) is 0 Å². The Balaban J connectivity index is 2.22. The molecule has 1 aliphatic carbocycles. The minimum absolute atomic E-state index is 0.906. The average Bonchev–Trinajstić information content (AvgIpc) is 2.94. The fourth-order valence-corrected chi connectivity index (χ4v) is 2.95. The molecule has 0 amide bonds. The fraction of sp³-hybridized carbons (Fsp3) is 1.00. The van der Waals surface area contributed by atoms with Crippen molar-refractivity contribution in [2.75, 3.05) is 0 Å². The van der Waals surface area contributed by atoms with Crippen molar-refractivity contribution in [2.24, 2.45) is 29.6 Å². The van der Waals surface area contributed by atoms with Crippen LogP contribution in [0.15, 0.2) is 0 Å². The van der Waals surface area contributed by atoms with E-state index in [2.05, 4.69) is 34.6 Å². The minimum atomic E-state index is 0.906. The second kappa shape index (κ2) is 5.92. The molecule has 0 nitrogen and oxygen atoms in total. The quantitative estimate of drug-likeness (QED) is 0.546. The third kappa shape index (κ3) is 3.81. The highest BCUT2D eigenvalue weighted by atomic mass is 14.4. The Morgan fingerprint density at radius 2 is 1.67 bits per heavy atom. The van der Waals surface area contributed by atoms with Gasteiger partial charge in [0.1, 0.15) is 0 Å². The topological polar surface area (TPSA) is 0 Å². The van der Waals surface area contributed by atoms with Crippen LogP contribution >= 0.6 is 0 Å². The molecule has 1 fully saturated rings. The highest BCUT2D eigenvalue weighted by Gasteiger charge is 2.37. The summed E-state index contributed by atoms with van der Waals surface area (Å²) in [6.45, 7) is 12.0. The molecule has 0 aromatic heterocycles. The van der Waals surface area contributed by atoms with Crippen LogP contribution in [0.4, 0.5) is 0 Å². The van der Waals surface area contributed by atoms with E-state index < -0.39 is 0 Å². The molecule has 15 heavy (non-hydrogen) atoms. The lowest BCUT2D eigenvalue weighted by molar-refractivity contribution is 0.249. The Bertz CT molecular complexity index is 173. The van der Waals surface area contributed by atoms with Crippen LogP contribution in [0.1, 0.15) is 66.7 Å². The molecule has 1 aliphatic rings. The number of rotatable bonds is 7. The average molecular weight is 210 g/mol. The molecule has 0 spiro atoms. The first-order chi connectivity index (χ1) is 7.10. The molecular formula is C15H30. The molecule has 0 heteroatoms. The van der Waals surface area contributed by atoms with E-state index in [9.17, 15) is 0 Å². The second-order valence-corrected chi connectivity index (χ2v) is 6.00. The van der Waals surface area contributed by atoms with E-state index in [1.807, 2.05) is 0 Å². The number of hydrogen-bond donors (Lipinski definition) is 0. The Morgan fingerprint density at radius 1 is 1.00 bits per heavy atom. The van der Waals surface area contributed by atoms with Gasteiger partial charge < -0.3 is 0 Å². The highest BCUT2D eigenvalue weighted by molar-refractivity contribution is 4.87. The van der Waals surface area contributed by atoms with E-state index in [0.717, 1.165) is 29.6 Å². The standard InChI is InChI=1S/C15H30/c1-6-8-14-10-15(14)9-12(4)13(5)11(3)7-2/h11-15H,6-10H2,1-5H3. The molecule has 0 N–H and O–H groups in total. The van der Waals surface area contributed by atoms with Crippen LogP contribution in [0.3, 0.4) is 0 Å². The summed E-state index contributed by atoms with van der Waals surface area (Å²) in [5.41, 5.74) is 0. The van der Waals surface area contributed by atoms with Gasteiger partial charge in [0.05, 0.1) is 0 Å². The molecule has 1 saturated carbocycles. The molecule has 0 aromatic carbocycles. The van der Waals surface area contributed by atoms with Gasteiger partial charge in [0.25, 0.3) is 0 Å². The lowest BCUT2D eigenvalue weighted by Gasteiger charge is -2.25. The van der Waals surface area contributed by atoms with Crippen LogP contribution < -0.4 is 0 Å². The number of hydrogen-bond acceptors (Lipinski definition) is 0. The van der Waals surface area contributed by atoms with Crippen molar-refractivity contribution in [1.29, 1.82) is 0 Å². The van der Waals surface area contributed by atoms with Gasteiger partial charge in [0, 0.05) is 0 Å². The van der Waals surface area contributed by atoms with Gasteiger partial charge in [-0.3, -0.25) is 0 Å². The zero-order chi connectivity index (χ0) is 11.4. The van der Waals surface area contributed by atoms with Crippen LogP contribution in [0.5, 0.6) is 0 Å². The van der Waals surface area contributed by atoms with Gasteiger partial charge >= 0.3 is 0 Å². The second-order valence-electron chi connectivity index (χ2n) is 6.00. The summed E-state index contributed by atoms with van der Waals surface area (Å²) >= 11 is 0. The minimum Gasteiger partial charge on any atom is -0.0654 e. The molecule has 5 unspecified atom stereocenters. The van der Waals surface area contributed by atoms with E-state index >= 15 is 0 Å². The highest BCUT2D eigenvalue weighted by Crippen LogP contribution is 2.47. The third-order valence-electron chi connectivity index (χ3n) is 4.84. The van der Waals surface area contributed by atoms with Gasteiger partial charge in [0.2, 0.25) is 0 Å². The fourth-order valence-electron chi connectivity index (χ4n) is 2.95. The maximum atomic E-state index is 2.47. The smallest absolute Gasteiger partial charge is 0.0380 e. The maximum Gasteiger partial charge on any atom is -0.0380 e. The maximum absolute atomic E-state index is 2.47. The predicted octanol–water partition coefficient (Wildman–Crippen LogP) is 5.13. The Kier molecular flexibility index (Phi) is 5.15. The first kappa shape index (κ1) is 13.1. The summed E-state index contributed by atoms with van der Waals surface area (Å²) in [6, 6.07) is 0. The molecule has 0 aliphatic heterocycles. The van der Waals surface area contributed by atoms with Gasteiger partial charge in [-0.1, -0.05) is 53.9 Å². The Morgan fingerprint density at radius 3 is 2.20 bits per heavy atom. The molecule has 0 bridgehead atoms. The van der Waals surface area contributed by atoms with E-state index in [4.69, 9.17) is 0 Å². The van der Waals surface area contributed by atoms with Gasteiger partial charge in [-0.25, -0.2) is 0 Å². The van der Waals surface area contributed by atoms with Gasteiger partial charge in [-0.15, -0.1) is 0 Å². The van der Waals surface area contributed by atoms with Crippen molar-refractivity contribution in [3.63, 3.8) is 0 Å². The van der Waals surface area contributed by atoms with Crippen LogP contribution in [0.25, 0.3) is 0 Å². The third-order valence-corrected chi connectivity index (χ3v) is 4.84. The molecule has 0 radical (unpaired) electrons. The molecule has 90 valence electrons.